The van der Waals surface area contributed by atoms with Crippen LogP contribution >= 0.6 is 0 Å². The Morgan fingerprint density at radius 1 is 0.833 bits per heavy atom. The molecular weight excluding hydrogens is 422 g/mol. The van der Waals surface area contributed by atoms with E-state index in [1.165, 1.54) is 0 Å². The van der Waals surface area contributed by atoms with Gasteiger partial charge in [0.2, 0.25) is 5.76 Å². The molecule has 0 aliphatic carbocycles. The van der Waals surface area contributed by atoms with E-state index >= 15 is 0 Å². The molecule has 0 amide bonds. The zero-order chi connectivity index (χ0) is 19.3. The van der Waals surface area contributed by atoms with Crippen LogP contribution in [0.4, 0.5) is 26.3 Å². The molecule has 0 rings (SSSR count). The molecule has 0 aliphatic heterocycles. The fraction of sp³-hybridized carbons (Fsp3) is 0.615. The van der Waals surface area contributed by atoms with Gasteiger partial charge in [0.05, 0.1) is 0 Å². The predicted octanol–water partition coefficient (Wildman–Crippen LogP) is 4.86. The molecule has 24 heavy (non-hydrogen) atoms. The summed E-state index contributed by atoms with van der Waals surface area (Å²) in [6.45, 7) is 13.8. The summed E-state index contributed by atoms with van der Waals surface area (Å²) >= 11 is 0. The van der Waals surface area contributed by atoms with Crippen LogP contribution in [0.3, 0.4) is 0 Å². The maximum absolute atomic E-state index is 11.4. The average molecular weight is 442 g/mol. The molecule has 1 radical (unpaired) electrons. The number of alkyl halides is 6. The summed E-state index contributed by atoms with van der Waals surface area (Å²) in [6, 6.07) is 0. The van der Waals surface area contributed by atoms with Gasteiger partial charge in [0.1, 0.15) is 16.1 Å². The van der Waals surface area contributed by atoms with Crippen LogP contribution in [-0.2, 0) is 21.9 Å². The average Bonchev–Trinajstić information content (AvgIpc) is 2.22. The van der Waals surface area contributed by atoms with Crippen LogP contribution in [0, 0.1) is 11.1 Å². The first-order chi connectivity index (χ1) is 9.76. The normalized spacial score (nSPS) is 12.9. The molecule has 0 unspecified atom stereocenters. The standard InChI is InChI=1S/C8H18Si2.C5H2F6O2.Cu/c1-9(2,3)7-8-10(4,5)6;6-4(7,8)2(12)1-3(13)5(9,10)11;/h1-6H3;1,12H;/b;2-1-;. The number of allylic oxidation sites excluding steroid dienone is 2. The number of aliphatic hydroxyl groups is 1. The number of aliphatic hydroxyl groups excluding tert-OH is 1. The van der Waals surface area contributed by atoms with Crippen molar-refractivity contribution in [1.29, 1.82) is 0 Å². The minimum absolute atomic E-state index is 0. The van der Waals surface area contributed by atoms with Gasteiger partial charge in [-0.3, -0.25) is 4.79 Å². The number of hydrogen-bond acceptors (Lipinski definition) is 2. The van der Waals surface area contributed by atoms with Crippen molar-refractivity contribution >= 4 is 21.9 Å². The van der Waals surface area contributed by atoms with Crippen LogP contribution < -0.4 is 0 Å². The monoisotopic (exact) mass is 441 g/mol. The van der Waals surface area contributed by atoms with E-state index in [2.05, 4.69) is 50.4 Å². The van der Waals surface area contributed by atoms with E-state index in [0.717, 1.165) is 0 Å². The molecule has 0 aromatic rings. The summed E-state index contributed by atoms with van der Waals surface area (Å²) in [6.07, 6.45) is -11.7. The minimum Gasteiger partial charge on any atom is -0.504 e. The van der Waals surface area contributed by atoms with Gasteiger partial charge >= 0.3 is 12.4 Å². The first-order valence-electron chi connectivity index (χ1n) is 6.39. The second kappa shape index (κ2) is 9.70. The maximum Gasteiger partial charge on any atom is 0.454 e. The van der Waals surface area contributed by atoms with Crippen molar-refractivity contribution in [3.05, 3.63) is 11.8 Å². The molecule has 0 bridgehead atoms. The molecule has 0 aromatic heterocycles. The van der Waals surface area contributed by atoms with Crippen molar-refractivity contribution in [2.75, 3.05) is 0 Å². The summed E-state index contributed by atoms with van der Waals surface area (Å²) in [5, 5.41) is 7.93. The van der Waals surface area contributed by atoms with Crippen molar-refractivity contribution in [1.82, 2.24) is 0 Å². The Kier molecular flexibility index (Phi) is 11.4. The quantitative estimate of drug-likeness (QED) is 0.207. The van der Waals surface area contributed by atoms with Crippen LogP contribution in [0.1, 0.15) is 0 Å². The Morgan fingerprint density at radius 2 is 1.12 bits per heavy atom. The number of ketones is 1. The van der Waals surface area contributed by atoms with Gasteiger partial charge in [-0.25, -0.2) is 0 Å². The van der Waals surface area contributed by atoms with E-state index in [0.29, 0.717) is 0 Å². The van der Waals surface area contributed by atoms with Gasteiger partial charge in [0.25, 0.3) is 5.78 Å². The SMILES string of the molecule is C[Si](C)(C)C#C[Si](C)(C)C.O=C(/C=C(\O)C(F)(F)F)C(F)(F)F.[Cu]. The molecule has 145 valence electrons. The number of carbonyl (C=O) groups is 1. The first kappa shape index (κ1) is 28.1. The van der Waals surface area contributed by atoms with Gasteiger partial charge in [-0.15, -0.1) is 11.1 Å². The first-order valence-corrected chi connectivity index (χ1v) is 13.4. The van der Waals surface area contributed by atoms with Crippen LogP contribution in [0.2, 0.25) is 39.3 Å². The van der Waals surface area contributed by atoms with Crippen molar-refractivity contribution in [2.45, 2.75) is 51.6 Å². The van der Waals surface area contributed by atoms with E-state index < -0.39 is 46.1 Å². The van der Waals surface area contributed by atoms with Crippen molar-refractivity contribution < 1.29 is 53.3 Å². The molecule has 0 spiro atoms. The van der Waals surface area contributed by atoms with E-state index in [-0.39, 0.29) is 17.1 Å². The Hall–Kier alpha value is -0.697. The summed E-state index contributed by atoms with van der Waals surface area (Å²) in [5.41, 5.74) is 6.82. The Morgan fingerprint density at radius 3 is 1.29 bits per heavy atom. The van der Waals surface area contributed by atoms with E-state index in [4.69, 9.17) is 5.11 Å². The molecule has 0 saturated heterocycles. The number of rotatable bonds is 1. The fourth-order valence-electron chi connectivity index (χ4n) is 0.663. The summed E-state index contributed by atoms with van der Waals surface area (Å²) < 4.78 is 68.1. The molecule has 0 saturated carbocycles. The molecule has 11 heteroatoms. The second-order valence-electron chi connectivity index (χ2n) is 6.64. The van der Waals surface area contributed by atoms with Gasteiger partial charge in [0.15, 0.2) is 0 Å². The predicted molar refractivity (Wildman–Crippen MR) is 82.3 cm³/mol. The van der Waals surface area contributed by atoms with E-state index in [9.17, 15) is 31.1 Å². The van der Waals surface area contributed by atoms with Crippen LogP contribution in [-0.4, -0.2) is 39.4 Å². The molecular formula is C13H20CuF6O2Si2. The molecule has 2 nitrogen and oxygen atoms in total. The number of carbonyl (C=O) groups excluding carboxylic acids is 1. The zero-order valence-electron chi connectivity index (χ0n) is 14.0. The second-order valence-corrected chi connectivity index (χ2v) is 16.1. The summed E-state index contributed by atoms with van der Waals surface area (Å²) in [5.74, 6) is -5.34. The van der Waals surface area contributed by atoms with Gasteiger partial charge in [0, 0.05) is 23.1 Å². The van der Waals surface area contributed by atoms with Crippen LogP contribution in [0.25, 0.3) is 0 Å². The summed E-state index contributed by atoms with van der Waals surface area (Å²) in [7, 11) is -2.19. The third-order valence-corrected chi connectivity index (χ3v) is 3.65. The zero-order valence-corrected chi connectivity index (χ0v) is 16.9. The topological polar surface area (TPSA) is 37.3 Å². The van der Waals surface area contributed by atoms with Gasteiger partial charge in [-0.05, 0) is 0 Å². The third kappa shape index (κ3) is 17.7. The smallest absolute Gasteiger partial charge is 0.454 e. The molecule has 1 N–H and O–H groups in total. The van der Waals surface area contributed by atoms with Gasteiger partial charge in [-0.2, -0.15) is 26.3 Å². The Bertz CT molecular complexity index is 484. The van der Waals surface area contributed by atoms with Crippen molar-refractivity contribution in [3.63, 3.8) is 0 Å². The van der Waals surface area contributed by atoms with E-state index in [1.54, 1.807) is 0 Å². The summed E-state index contributed by atoms with van der Waals surface area (Å²) in [4.78, 5) is 9.86. The molecule has 0 aliphatic rings. The Balaban J connectivity index is -0.000000364. The molecule has 0 atom stereocenters. The number of halogens is 6. The molecule has 0 fully saturated rings. The van der Waals surface area contributed by atoms with Crippen molar-refractivity contribution in [3.8, 4) is 11.1 Å². The Labute approximate surface area is 150 Å². The fourth-order valence-corrected chi connectivity index (χ4v) is 3.66. The van der Waals surface area contributed by atoms with Crippen LogP contribution in [0.15, 0.2) is 11.8 Å². The van der Waals surface area contributed by atoms with Crippen molar-refractivity contribution in [2.24, 2.45) is 0 Å². The van der Waals surface area contributed by atoms with Crippen LogP contribution in [0.5, 0.6) is 0 Å². The van der Waals surface area contributed by atoms with Gasteiger partial charge in [-0.1, -0.05) is 39.3 Å². The largest absolute Gasteiger partial charge is 0.504 e. The molecule has 0 aromatic carbocycles. The minimum atomic E-state index is -5.42. The third-order valence-electron chi connectivity index (χ3n) is 1.65. The number of hydrogen-bond donors (Lipinski definition) is 1. The maximum atomic E-state index is 11.4. The van der Waals surface area contributed by atoms with E-state index in [1.807, 2.05) is 0 Å². The molecule has 0 heterocycles. The van der Waals surface area contributed by atoms with Gasteiger partial charge < -0.3 is 5.11 Å².